The van der Waals surface area contributed by atoms with Gasteiger partial charge >= 0.3 is 5.97 Å². The molecule has 6 nitrogen and oxygen atoms in total. The fourth-order valence-electron chi connectivity index (χ4n) is 4.76. The highest BCUT2D eigenvalue weighted by atomic mass is 28.4. The second kappa shape index (κ2) is 12.7. The van der Waals surface area contributed by atoms with Gasteiger partial charge in [-0.05, 0) is 33.7 Å². The summed E-state index contributed by atoms with van der Waals surface area (Å²) in [4.78, 5) is 25.7. The molecule has 0 radical (unpaired) electrons. The average molecular weight is 513 g/mol. The summed E-state index contributed by atoms with van der Waals surface area (Å²) in [7, 11) is -1.61. The first-order valence-corrected chi connectivity index (χ1v) is 14.7. The van der Waals surface area contributed by atoms with Crippen molar-refractivity contribution < 1.29 is 18.8 Å². The van der Waals surface area contributed by atoms with Crippen molar-refractivity contribution in [3.8, 4) is 0 Å². The second-order valence-electron chi connectivity index (χ2n) is 11.2. The molecule has 2 rings (SSSR count). The third-order valence-electron chi connectivity index (χ3n) is 6.55. The van der Waals surface area contributed by atoms with Crippen molar-refractivity contribution in [1.29, 1.82) is 0 Å². The number of amides is 1. The number of hydrogen-bond donors (Lipinski definition) is 2. The molecule has 7 heteroatoms. The number of carbonyl (C=O) groups excluding carboxylic acids is 2. The Morgan fingerprint density at radius 3 is 1.75 bits per heavy atom. The molecule has 0 spiro atoms. The molecule has 0 saturated heterocycles. The zero-order valence-electron chi connectivity index (χ0n) is 23.1. The summed E-state index contributed by atoms with van der Waals surface area (Å²) in [5.74, 6) is -0.741. The maximum Gasteiger partial charge on any atom is 0.328 e. The summed E-state index contributed by atoms with van der Waals surface area (Å²) in [5, 5.41) is 4.82. The van der Waals surface area contributed by atoms with Gasteiger partial charge in [0.2, 0.25) is 5.91 Å². The van der Waals surface area contributed by atoms with Gasteiger partial charge in [-0.15, -0.1) is 0 Å². The van der Waals surface area contributed by atoms with E-state index in [-0.39, 0.29) is 16.9 Å². The molecular weight excluding hydrogens is 468 g/mol. The number of nitrogens with two attached hydrogens (primary N) is 1. The lowest BCUT2D eigenvalue weighted by atomic mass is 9.98. The first-order chi connectivity index (χ1) is 16.8. The van der Waals surface area contributed by atoms with Crippen LogP contribution in [0.2, 0.25) is 5.04 Å². The standard InChI is InChI=1S/C29H44N2O4Si/c1-20(2)19-24(28(33)34-8)31-27(32)25(30)26(21(3)4)35-36(29(5,6)7,22-15-11-9-12-16-22)23-17-13-10-14-18-23/h9-18,20-21,24-26H,19,30H2,1-8H3,(H,31,32)/t24-,25-,26+/m0/s1. The van der Waals surface area contributed by atoms with E-state index in [4.69, 9.17) is 14.9 Å². The highest BCUT2D eigenvalue weighted by molar-refractivity contribution is 6.99. The van der Waals surface area contributed by atoms with Gasteiger partial charge in [-0.2, -0.15) is 0 Å². The molecule has 0 fully saturated rings. The van der Waals surface area contributed by atoms with Crippen LogP contribution in [0.4, 0.5) is 0 Å². The molecule has 2 aromatic rings. The molecule has 2 aromatic carbocycles. The number of benzene rings is 2. The number of esters is 1. The van der Waals surface area contributed by atoms with Crippen molar-refractivity contribution in [2.75, 3.05) is 7.11 Å². The Labute approximate surface area is 218 Å². The van der Waals surface area contributed by atoms with Crippen molar-refractivity contribution in [3.05, 3.63) is 60.7 Å². The minimum absolute atomic E-state index is 0.0472. The Balaban J connectivity index is 2.54. The van der Waals surface area contributed by atoms with Crippen molar-refractivity contribution in [1.82, 2.24) is 5.32 Å². The lowest BCUT2D eigenvalue weighted by Crippen LogP contribution is -2.70. The molecule has 3 atom stereocenters. The van der Waals surface area contributed by atoms with Crippen molar-refractivity contribution in [3.63, 3.8) is 0 Å². The van der Waals surface area contributed by atoms with E-state index in [0.29, 0.717) is 6.42 Å². The average Bonchev–Trinajstić information content (AvgIpc) is 2.83. The second-order valence-corrected chi connectivity index (χ2v) is 15.5. The smallest absolute Gasteiger partial charge is 0.328 e. The normalized spacial score (nSPS) is 14.9. The largest absolute Gasteiger partial charge is 0.467 e. The summed E-state index contributed by atoms with van der Waals surface area (Å²) >= 11 is 0. The van der Waals surface area contributed by atoms with E-state index in [1.54, 1.807) is 0 Å². The molecular formula is C29H44N2O4Si. The molecule has 3 N–H and O–H groups in total. The van der Waals surface area contributed by atoms with Crippen LogP contribution in [0.3, 0.4) is 0 Å². The Kier molecular flexibility index (Phi) is 10.5. The minimum Gasteiger partial charge on any atom is -0.467 e. The molecule has 198 valence electrons. The molecule has 0 aliphatic rings. The van der Waals surface area contributed by atoms with Crippen LogP contribution in [0.15, 0.2) is 60.7 Å². The molecule has 0 aliphatic heterocycles. The number of ether oxygens (including phenoxy) is 1. The highest BCUT2D eigenvalue weighted by Crippen LogP contribution is 2.38. The van der Waals surface area contributed by atoms with Crippen LogP contribution < -0.4 is 21.4 Å². The van der Waals surface area contributed by atoms with E-state index in [0.717, 1.165) is 10.4 Å². The zero-order chi connectivity index (χ0) is 27.1. The van der Waals surface area contributed by atoms with Gasteiger partial charge in [0.05, 0.1) is 13.2 Å². The Morgan fingerprint density at radius 2 is 1.39 bits per heavy atom. The van der Waals surface area contributed by atoms with Gasteiger partial charge in [0.1, 0.15) is 12.1 Å². The van der Waals surface area contributed by atoms with Crippen LogP contribution >= 0.6 is 0 Å². The fraction of sp³-hybridized carbons (Fsp3) is 0.517. The summed E-state index contributed by atoms with van der Waals surface area (Å²) in [6.07, 6.45) is -0.110. The Bertz CT molecular complexity index is 934. The van der Waals surface area contributed by atoms with Gasteiger partial charge in [-0.1, -0.05) is 109 Å². The summed E-state index contributed by atoms with van der Waals surface area (Å²) < 4.78 is 12.1. The number of carbonyl (C=O) groups is 2. The van der Waals surface area contributed by atoms with Crippen LogP contribution in [-0.2, 0) is 18.8 Å². The fourth-order valence-corrected chi connectivity index (χ4v) is 9.61. The minimum atomic E-state index is -2.93. The van der Waals surface area contributed by atoms with Gasteiger partial charge < -0.3 is 20.2 Å². The van der Waals surface area contributed by atoms with Gasteiger partial charge in [-0.3, -0.25) is 4.79 Å². The van der Waals surface area contributed by atoms with E-state index in [9.17, 15) is 9.59 Å². The monoisotopic (exact) mass is 512 g/mol. The lowest BCUT2D eigenvalue weighted by molar-refractivity contribution is -0.146. The van der Waals surface area contributed by atoms with Gasteiger partial charge in [-0.25, -0.2) is 4.79 Å². The summed E-state index contributed by atoms with van der Waals surface area (Å²) in [5.41, 5.74) is 6.62. The maximum atomic E-state index is 13.4. The molecule has 0 heterocycles. The number of nitrogens with one attached hydrogen (secondary N) is 1. The number of hydrogen-bond acceptors (Lipinski definition) is 5. The summed E-state index contributed by atoms with van der Waals surface area (Å²) in [6, 6.07) is 18.8. The number of methoxy groups -OCH3 is 1. The van der Waals surface area contributed by atoms with Crippen molar-refractivity contribution in [2.45, 2.75) is 78.1 Å². The predicted octanol–water partition coefficient (Wildman–Crippen LogP) is 3.62. The topological polar surface area (TPSA) is 90.7 Å². The highest BCUT2D eigenvalue weighted by Gasteiger charge is 2.52. The molecule has 36 heavy (non-hydrogen) atoms. The zero-order valence-corrected chi connectivity index (χ0v) is 24.1. The van der Waals surface area contributed by atoms with Crippen LogP contribution in [0.5, 0.6) is 0 Å². The molecule has 0 aromatic heterocycles. The molecule has 1 amide bonds. The van der Waals surface area contributed by atoms with Gasteiger partial charge in [0, 0.05) is 0 Å². The van der Waals surface area contributed by atoms with E-state index in [1.807, 2.05) is 64.1 Å². The van der Waals surface area contributed by atoms with Crippen molar-refractivity contribution in [2.24, 2.45) is 17.6 Å². The third kappa shape index (κ3) is 6.84. The first-order valence-electron chi connectivity index (χ1n) is 12.8. The van der Waals surface area contributed by atoms with Crippen LogP contribution in [0.1, 0.15) is 54.9 Å². The quantitative estimate of drug-likeness (QED) is 0.355. The molecule has 0 aliphatic carbocycles. The van der Waals surface area contributed by atoms with E-state index in [2.05, 4.69) is 50.4 Å². The molecule has 0 bridgehead atoms. The number of rotatable bonds is 11. The maximum absolute atomic E-state index is 13.4. The lowest BCUT2D eigenvalue weighted by Gasteiger charge is -2.46. The third-order valence-corrected chi connectivity index (χ3v) is 11.6. The van der Waals surface area contributed by atoms with Gasteiger partial charge in [0.15, 0.2) is 0 Å². The van der Waals surface area contributed by atoms with E-state index >= 15 is 0 Å². The van der Waals surface area contributed by atoms with E-state index < -0.39 is 38.4 Å². The Morgan fingerprint density at radius 1 is 0.917 bits per heavy atom. The first kappa shape index (κ1) is 29.7. The van der Waals surface area contributed by atoms with Crippen molar-refractivity contribution >= 4 is 30.6 Å². The molecule has 0 unspecified atom stereocenters. The summed E-state index contributed by atoms with van der Waals surface area (Å²) in [6.45, 7) is 14.6. The Hall–Kier alpha value is -2.48. The van der Waals surface area contributed by atoms with Crippen LogP contribution in [0, 0.1) is 11.8 Å². The van der Waals surface area contributed by atoms with Crippen LogP contribution in [0.25, 0.3) is 0 Å². The molecule has 0 saturated carbocycles. The van der Waals surface area contributed by atoms with E-state index in [1.165, 1.54) is 7.11 Å². The van der Waals surface area contributed by atoms with Gasteiger partial charge in [0.25, 0.3) is 8.32 Å². The SMILES string of the molecule is COC(=O)[C@H](CC(C)C)NC(=O)[C@@H](N)[C@H](O[Si](c1ccccc1)(c1ccccc1)C(C)(C)C)C(C)C. The van der Waals surface area contributed by atoms with Crippen LogP contribution in [-0.4, -0.2) is 45.5 Å². The predicted molar refractivity (Wildman–Crippen MR) is 149 cm³/mol.